The van der Waals surface area contributed by atoms with E-state index >= 15 is 0 Å². The van der Waals surface area contributed by atoms with Crippen LogP contribution in [0.4, 0.5) is 0 Å². The van der Waals surface area contributed by atoms with Gasteiger partial charge in [-0.2, -0.15) is 0 Å². The first kappa shape index (κ1) is 26.5. The van der Waals surface area contributed by atoms with Gasteiger partial charge in [0, 0.05) is 26.3 Å². The van der Waals surface area contributed by atoms with Crippen molar-refractivity contribution < 1.29 is 29.4 Å². The van der Waals surface area contributed by atoms with Crippen LogP contribution in [0.1, 0.15) is 80.4 Å². The van der Waals surface area contributed by atoms with Crippen LogP contribution in [-0.2, 0) is 40.2 Å². The Morgan fingerprint density at radius 2 is 1.34 bits per heavy atom. The van der Waals surface area contributed by atoms with Crippen LogP contribution in [0.3, 0.4) is 0 Å². The molecule has 187 valence electrons. The van der Waals surface area contributed by atoms with Crippen molar-refractivity contribution in [2.75, 3.05) is 0 Å². The van der Waals surface area contributed by atoms with Gasteiger partial charge in [-0.05, 0) is 77.6 Å². The van der Waals surface area contributed by atoms with Gasteiger partial charge in [0.25, 0.3) is 0 Å². The second-order valence-corrected chi connectivity index (χ2v) is 12.8. The normalized spacial score (nSPS) is 22.6. The zero-order valence-corrected chi connectivity index (χ0v) is 25.1. The number of nitrogens with zero attached hydrogens (tertiary/aromatic N) is 1. The van der Waals surface area contributed by atoms with Crippen LogP contribution >= 0.6 is 0 Å². The topological polar surface area (TPSA) is 31.4 Å². The van der Waals surface area contributed by atoms with Crippen molar-refractivity contribution in [2.45, 2.75) is 91.3 Å². The third-order valence-corrected chi connectivity index (χ3v) is 9.98. The minimum absolute atomic E-state index is 0. The van der Waals surface area contributed by atoms with Crippen molar-refractivity contribution in [2.24, 2.45) is 5.41 Å². The predicted molar refractivity (Wildman–Crippen MR) is 142 cm³/mol. The van der Waals surface area contributed by atoms with Gasteiger partial charge in [0.05, 0.1) is 11.2 Å². The molecule has 1 radical (unpaired) electrons. The number of hydrogen-bond acceptors (Lipinski definition) is 3. The summed E-state index contributed by atoms with van der Waals surface area (Å²) in [7, 11) is -0.405. The first-order valence-corrected chi connectivity index (χ1v) is 12.4. The van der Waals surface area contributed by atoms with Crippen molar-refractivity contribution in [1.82, 2.24) is 4.98 Å². The quantitative estimate of drug-likeness (QED) is 0.233. The maximum Gasteiger partial charge on any atom is 0.475 e. The number of rotatable bonds is 2. The fourth-order valence-corrected chi connectivity index (χ4v) is 5.67. The molecule has 2 aromatic carbocycles. The minimum Gasteiger partial charge on any atom is -0.400 e. The van der Waals surface area contributed by atoms with Gasteiger partial charge in [-0.15, -0.1) is 35.3 Å². The molecule has 1 fully saturated rings. The monoisotopic (exact) mass is 647 g/mol. The Balaban J connectivity index is 0.00000289. The summed E-state index contributed by atoms with van der Waals surface area (Å²) in [6, 6.07) is 16.5. The number of hydrogen-bond donors (Lipinski definition) is 0. The average molecular weight is 647 g/mol. The van der Waals surface area contributed by atoms with E-state index in [9.17, 15) is 0 Å². The van der Waals surface area contributed by atoms with E-state index in [2.05, 4.69) is 99.6 Å². The Bertz CT molecular complexity index is 1290. The van der Waals surface area contributed by atoms with E-state index in [0.29, 0.717) is 0 Å². The van der Waals surface area contributed by atoms with Gasteiger partial charge in [-0.3, -0.25) is 0 Å². The molecule has 0 bridgehead atoms. The molecule has 0 amide bonds. The molecule has 3 aromatic rings. The van der Waals surface area contributed by atoms with E-state index in [1.165, 1.54) is 21.9 Å². The molecule has 5 heteroatoms. The molecule has 0 atom stereocenters. The summed E-state index contributed by atoms with van der Waals surface area (Å²) in [5.74, 6) is 0. The molecule has 1 aromatic heterocycles. The van der Waals surface area contributed by atoms with Crippen LogP contribution in [0.2, 0.25) is 0 Å². The second kappa shape index (κ2) is 7.99. The zero-order valence-electron chi connectivity index (χ0n) is 22.7. The van der Waals surface area contributed by atoms with Gasteiger partial charge in [0.1, 0.15) is 0 Å². The molecular weight excluding hydrogens is 609 g/mol. The molecule has 3 nitrogen and oxygen atoms in total. The van der Waals surface area contributed by atoms with Gasteiger partial charge >= 0.3 is 7.12 Å². The molecule has 0 spiro atoms. The zero-order chi connectivity index (χ0) is 24.9. The molecular formula is C30H37BIrNO2-. The van der Waals surface area contributed by atoms with Gasteiger partial charge < -0.3 is 14.3 Å². The average Bonchev–Trinajstić information content (AvgIpc) is 3.03. The summed E-state index contributed by atoms with van der Waals surface area (Å²) in [6.45, 7) is 22.7. The standard InChI is InChI=1S/C30H37BNO2.Ir/c1-26(2)23-17-19-14-15-32-25(22(19)18-24(23)27(3,4)28(26,5)6)20-12-11-13-21(16-20)31-33-29(7,8)30(9,10)34-31;/h11,13-18H,1-10H3;/q-1;. The van der Waals surface area contributed by atoms with Gasteiger partial charge in [0.15, 0.2) is 0 Å². The fraction of sp³-hybridized carbons (Fsp3) is 0.500. The summed E-state index contributed by atoms with van der Waals surface area (Å²) in [6.07, 6.45) is 1.91. The van der Waals surface area contributed by atoms with E-state index in [1.807, 2.05) is 18.3 Å². The van der Waals surface area contributed by atoms with E-state index in [-0.39, 0.29) is 47.6 Å². The molecule has 1 aliphatic heterocycles. The van der Waals surface area contributed by atoms with Crippen molar-refractivity contribution in [1.29, 1.82) is 0 Å². The third-order valence-electron chi connectivity index (χ3n) is 9.98. The smallest absolute Gasteiger partial charge is 0.400 e. The summed E-state index contributed by atoms with van der Waals surface area (Å²) in [5, 5.41) is 2.39. The Kier molecular flexibility index (Phi) is 6.06. The molecule has 0 N–H and O–H groups in total. The van der Waals surface area contributed by atoms with Crippen molar-refractivity contribution in [3.05, 3.63) is 59.8 Å². The maximum absolute atomic E-state index is 6.31. The van der Waals surface area contributed by atoms with E-state index < -0.39 is 7.12 Å². The Morgan fingerprint density at radius 1 is 0.771 bits per heavy atom. The van der Waals surface area contributed by atoms with Crippen LogP contribution in [0.5, 0.6) is 0 Å². The number of pyridine rings is 1. The van der Waals surface area contributed by atoms with Crippen molar-refractivity contribution in [3.63, 3.8) is 0 Å². The van der Waals surface area contributed by atoms with Gasteiger partial charge in [-0.1, -0.05) is 53.7 Å². The summed E-state index contributed by atoms with van der Waals surface area (Å²) in [5.41, 5.74) is 5.28. The first-order valence-electron chi connectivity index (χ1n) is 12.4. The van der Waals surface area contributed by atoms with Crippen molar-refractivity contribution >= 4 is 23.4 Å². The molecule has 2 heterocycles. The minimum atomic E-state index is -0.405. The second-order valence-electron chi connectivity index (χ2n) is 12.8. The van der Waals surface area contributed by atoms with Crippen LogP contribution in [0, 0.1) is 11.5 Å². The molecule has 5 rings (SSSR count). The first-order chi connectivity index (χ1) is 15.6. The summed E-state index contributed by atoms with van der Waals surface area (Å²) >= 11 is 0. The van der Waals surface area contributed by atoms with E-state index in [0.717, 1.165) is 16.7 Å². The molecule has 1 aliphatic carbocycles. The number of aromatic nitrogens is 1. The SMILES string of the molecule is CC1(C)OB(c2cc[c-]c(-c3nccc4cc5c(cc34)C(C)(C)C(C)(C)C5(C)C)c2)OC1(C)C.[Ir]. The Hall–Kier alpha value is -1.52. The van der Waals surface area contributed by atoms with E-state index in [1.54, 1.807) is 0 Å². The number of fused-ring (bicyclic) bond motifs is 2. The van der Waals surface area contributed by atoms with Crippen LogP contribution in [0.25, 0.3) is 22.0 Å². The maximum atomic E-state index is 6.31. The summed E-state index contributed by atoms with van der Waals surface area (Å²) in [4.78, 5) is 4.84. The Morgan fingerprint density at radius 3 is 1.94 bits per heavy atom. The molecule has 0 saturated carbocycles. The van der Waals surface area contributed by atoms with Crippen molar-refractivity contribution in [3.8, 4) is 11.3 Å². The van der Waals surface area contributed by atoms with Crippen LogP contribution in [-0.4, -0.2) is 23.3 Å². The van der Waals surface area contributed by atoms with Crippen LogP contribution in [0.15, 0.2) is 42.6 Å². The molecule has 1 saturated heterocycles. The fourth-order valence-electron chi connectivity index (χ4n) is 5.67. The van der Waals surface area contributed by atoms with Crippen LogP contribution < -0.4 is 5.46 Å². The predicted octanol–water partition coefficient (Wildman–Crippen LogP) is 6.59. The van der Waals surface area contributed by atoms with Gasteiger partial charge in [-0.25, -0.2) is 0 Å². The largest absolute Gasteiger partial charge is 0.475 e. The molecule has 35 heavy (non-hydrogen) atoms. The third kappa shape index (κ3) is 3.61. The van der Waals surface area contributed by atoms with E-state index in [4.69, 9.17) is 14.3 Å². The summed E-state index contributed by atoms with van der Waals surface area (Å²) < 4.78 is 12.6. The number of benzene rings is 2. The molecule has 0 unspecified atom stereocenters. The van der Waals surface area contributed by atoms with Gasteiger partial charge in [0.2, 0.25) is 0 Å². The Labute approximate surface area is 224 Å². The molecule has 2 aliphatic rings.